The fraction of sp³-hybridized carbons (Fsp3) is 0.227. The minimum atomic E-state index is -0.708. The number of halogens is 2. The molecule has 0 fully saturated rings. The molecule has 2 aliphatic rings. The summed E-state index contributed by atoms with van der Waals surface area (Å²) in [6.45, 7) is 2.02. The minimum absolute atomic E-state index is 0.0352. The van der Waals surface area contributed by atoms with Gasteiger partial charge in [0.25, 0.3) is 0 Å². The Morgan fingerprint density at radius 1 is 1.07 bits per heavy atom. The van der Waals surface area contributed by atoms with E-state index in [1.807, 2.05) is 25.1 Å². The molecule has 2 atom stereocenters. The zero-order valence-corrected chi connectivity index (χ0v) is 15.7. The number of ketones is 1. The van der Waals surface area contributed by atoms with E-state index in [-0.39, 0.29) is 11.7 Å². The standard InChI is InChI=1S/C22H18F2N4O/c1-12-3-2-4-13(5-12)14-8-18-20(19(29)9-14)21(28-22(27-18)25-11-26-28)15-6-16(23)10-17(24)7-15/h2-7,10-11,14,21H,8-9H2,1H3,(H,25,26,27)/t14-,21-/m0/s1. The maximum absolute atomic E-state index is 13.9. The summed E-state index contributed by atoms with van der Waals surface area (Å²) in [7, 11) is 0. The van der Waals surface area contributed by atoms with Crippen molar-refractivity contribution in [3.05, 3.63) is 88.4 Å². The van der Waals surface area contributed by atoms with Crippen LogP contribution in [0, 0.1) is 18.6 Å². The summed E-state index contributed by atoms with van der Waals surface area (Å²) in [6.07, 6.45) is 2.32. The molecule has 0 saturated carbocycles. The molecule has 2 heterocycles. The molecule has 5 nitrogen and oxygen atoms in total. The number of hydrogen-bond acceptors (Lipinski definition) is 4. The Bertz CT molecular complexity index is 1150. The number of aryl methyl sites for hydroxylation is 1. The van der Waals surface area contributed by atoms with Crippen LogP contribution in [0.25, 0.3) is 0 Å². The van der Waals surface area contributed by atoms with Crippen LogP contribution in [-0.2, 0) is 4.79 Å². The van der Waals surface area contributed by atoms with Gasteiger partial charge in [0.15, 0.2) is 5.78 Å². The van der Waals surface area contributed by atoms with E-state index in [0.717, 1.165) is 22.9 Å². The zero-order valence-electron chi connectivity index (χ0n) is 15.7. The predicted molar refractivity (Wildman–Crippen MR) is 103 cm³/mol. The molecule has 7 heteroatoms. The lowest BCUT2D eigenvalue weighted by molar-refractivity contribution is -0.116. The van der Waals surface area contributed by atoms with Gasteiger partial charge in [-0.05, 0) is 42.5 Å². The lowest BCUT2D eigenvalue weighted by Gasteiger charge is -2.35. The molecule has 0 saturated heterocycles. The zero-order chi connectivity index (χ0) is 20.1. The lowest BCUT2D eigenvalue weighted by Crippen LogP contribution is -2.33. The van der Waals surface area contributed by atoms with E-state index in [9.17, 15) is 13.6 Å². The maximum Gasteiger partial charge on any atom is 0.226 e. The summed E-state index contributed by atoms with van der Waals surface area (Å²) in [4.78, 5) is 17.4. The Morgan fingerprint density at radius 3 is 2.62 bits per heavy atom. The first-order valence-corrected chi connectivity index (χ1v) is 9.45. The highest BCUT2D eigenvalue weighted by Gasteiger charge is 2.39. The maximum atomic E-state index is 13.9. The summed E-state index contributed by atoms with van der Waals surface area (Å²) in [5.41, 5.74) is 3.82. The number of nitrogens with one attached hydrogen (secondary N) is 1. The topological polar surface area (TPSA) is 59.8 Å². The van der Waals surface area contributed by atoms with Gasteiger partial charge in [-0.15, -0.1) is 0 Å². The Balaban J connectivity index is 1.62. The van der Waals surface area contributed by atoms with Crippen LogP contribution in [0.15, 0.2) is 60.1 Å². The molecule has 0 radical (unpaired) electrons. The first-order chi connectivity index (χ1) is 14.0. The van der Waals surface area contributed by atoms with Gasteiger partial charge in [0.05, 0.1) is 0 Å². The van der Waals surface area contributed by atoms with Crippen molar-refractivity contribution in [2.75, 3.05) is 5.32 Å². The van der Waals surface area contributed by atoms with E-state index in [0.29, 0.717) is 29.9 Å². The molecular formula is C22H18F2N4O. The first-order valence-electron chi connectivity index (χ1n) is 9.45. The summed E-state index contributed by atoms with van der Waals surface area (Å²) >= 11 is 0. The predicted octanol–water partition coefficient (Wildman–Crippen LogP) is 4.28. The van der Waals surface area contributed by atoms with Gasteiger partial charge >= 0.3 is 0 Å². The number of fused-ring (bicyclic) bond motifs is 1. The summed E-state index contributed by atoms with van der Waals surface area (Å²) in [5, 5.41) is 7.41. The number of carbonyl (C=O) groups is 1. The molecule has 1 aliphatic heterocycles. The van der Waals surface area contributed by atoms with Gasteiger partial charge in [0.1, 0.15) is 24.0 Å². The van der Waals surface area contributed by atoms with E-state index in [1.54, 1.807) is 0 Å². The number of allylic oxidation sites excluding steroid dienone is 2. The second-order valence-corrected chi connectivity index (χ2v) is 7.59. The third-order valence-corrected chi connectivity index (χ3v) is 5.58. The van der Waals surface area contributed by atoms with E-state index < -0.39 is 17.7 Å². The Labute approximate surface area is 166 Å². The van der Waals surface area contributed by atoms with Crippen molar-refractivity contribution in [2.45, 2.75) is 31.7 Å². The van der Waals surface area contributed by atoms with Crippen LogP contribution in [0.4, 0.5) is 14.7 Å². The quantitative estimate of drug-likeness (QED) is 0.707. The molecule has 29 heavy (non-hydrogen) atoms. The summed E-state index contributed by atoms with van der Waals surface area (Å²) in [5.74, 6) is -0.948. The van der Waals surface area contributed by atoms with Crippen LogP contribution in [-0.4, -0.2) is 20.5 Å². The second kappa shape index (κ2) is 6.62. The molecule has 3 aromatic rings. The second-order valence-electron chi connectivity index (χ2n) is 7.59. The molecule has 1 aliphatic carbocycles. The Morgan fingerprint density at radius 2 is 1.86 bits per heavy atom. The van der Waals surface area contributed by atoms with Crippen molar-refractivity contribution in [2.24, 2.45) is 0 Å². The number of Topliss-reactive ketones (excluding diaryl/α,β-unsaturated/α-hetero) is 1. The van der Waals surface area contributed by atoms with Crippen molar-refractivity contribution in [3.63, 3.8) is 0 Å². The van der Waals surface area contributed by atoms with Crippen molar-refractivity contribution < 1.29 is 13.6 Å². The number of benzene rings is 2. The van der Waals surface area contributed by atoms with Gasteiger partial charge in [0.2, 0.25) is 5.95 Å². The van der Waals surface area contributed by atoms with Crippen LogP contribution < -0.4 is 5.32 Å². The normalized spacial score (nSPS) is 20.9. The molecule has 2 aromatic carbocycles. The van der Waals surface area contributed by atoms with Crippen LogP contribution in [0.3, 0.4) is 0 Å². The highest BCUT2D eigenvalue weighted by atomic mass is 19.1. The third-order valence-electron chi connectivity index (χ3n) is 5.58. The molecule has 1 aromatic heterocycles. The lowest BCUT2D eigenvalue weighted by atomic mass is 9.77. The fourth-order valence-corrected chi connectivity index (χ4v) is 4.35. The number of hydrogen-bond donors (Lipinski definition) is 1. The largest absolute Gasteiger partial charge is 0.328 e. The van der Waals surface area contributed by atoms with Crippen molar-refractivity contribution in [3.8, 4) is 0 Å². The highest BCUT2D eigenvalue weighted by molar-refractivity contribution is 6.00. The number of anilines is 1. The highest BCUT2D eigenvalue weighted by Crippen LogP contribution is 2.44. The molecule has 0 bridgehead atoms. The van der Waals surface area contributed by atoms with Gasteiger partial charge < -0.3 is 5.32 Å². The van der Waals surface area contributed by atoms with Gasteiger partial charge in [-0.3, -0.25) is 4.79 Å². The first kappa shape index (κ1) is 17.7. The van der Waals surface area contributed by atoms with Crippen LogP contribution >= 0.6 is 0 Å². The molecule has 0 amide bonds. The Kier molecular flexibility index (Phi) is 4.04. The molecule has 5 rings (SSSR count). The SMILES string of the molecule is Cc1cccc([C@@H]2CC(=O)C3=C(C2)Nc2ncnn2[C@H]3c2cc(F)cc(F)c2)c1. The molecule has 0 spiro atoms. The van der Waals surface area contributed by atoms with E-state index in [4.69, 9.17) is 0 Å². The Hall–Kier alpha value is -3.35. The molecule has 0 unspecified atom stereocenters. The summed E-state index contributed by atoms with van der Waals surface area (Å²) < 4.78 is 29.4. The van der Waals surface area contributed by atoms with Crippen molar-refractivity contribution in [1.29, 1.82) is 0 Å². The third kappa shape index (κ3) is 3.03. The van der Waals surface area contributed by atoms with Crippen molar-refractivity contribution >= 4 is 11.7 Å². The van der Waals surface area contributed by atoms with Gasteiger partial charge in [-0.2, -0.15) is 10.1 Å². The smallest absolute Gasteiger partial charge is 0.226 e. The number of aromatic nitrogens is 3. The van der Waals surface area contributed by atoms with E-state index in [2.05, 4.69) is 21.5 Å². The average molecular weight is 392 g/mol. The van der Waals surface area contributed by atoms with Crippen molar-refractivity contribution in [1.82, 2.24) is 14.8 Å². The minimum Gasteiger partial charge on any atom is -0.328 e. The van der Waals surface area contributed by atoms with Gasteiger partial charge in [0, 0.05) is 23.8 Å². The summed E-state index contributed by atoms with van der Waals surface area (Å²) in [6, 6.07) is 10.7. The average Bonchev–Trinajstić information content (AvgIpc) is 3.13. The molecular weight excluding hydrogens is 374 g/mol. The van der Waals surface area contributed by atoms with Gasteiger partial charge in [-0.1, -0.05) is 29.8 Å². The van der Waals surface area contributed by atoms with Crippen LogP contribution in [0.2, 0.25) is 0 Å². The van der Waals surface area contributed by atoms with Crippen LogP contribution in [0.5, 0.6) is 0 Å². The van der Waals surface area contributed by atoms with E-state index >= 15 is 0 Å². The molecule has 146 valence electrons. The number of rotatable bonds is 2. The monoisotopic (exact) mass is 392 g/mol. The molecule has 1 N–H and O–H groups in total. The van der Waals surface area contributed by atoms with Crippen LogP contribution in [0.1, 0.15) is 41.5 Å². The number of carbonyl (C=O) groups excluding carboxylic acids is 1. The fourth-order valence-electron chi connectivity index (χ4n) is 4.35. The van der Waals surface area contributed by atoms with E-state index in [1.165, 1.54) is 23.1 Å². The van der Waals surface area contributed by atoms with Gasteiger partial charge in [-0.25, -0.2) is 13.5 Å². The number of nitrogens with zero attached hydrogens (tertiary/aromatic N) is 3.